The number of hydrogen-bond acceptors (Lipinski definition) is 3. The largest absolute Gasteiger partial charge is 0.480 e. The average molecular weight is 324 g/mol. The number of aliphatic carboxylic acids is 1. The molecular weight excluding hydrogens is 309 g/mol. The molecule has 0 spiro atoms. The van der Waals surface area contributed by atoms with Crippen molar-refractivity contribution in [1.29, 1.82) is 0 Å². The maximum absolute atomic E-state index is 13.0. The maximum atomic E-state index is 13.0. The van der Waals surface area contributed by atoms with Crippen LogP contribution >= 0.6 is 11.6 Å². The van der Waals surface area contributed by atoms with Crippen LogP contribution in [0.15, 0.2) is 23.1 Å². The fraction of sp³-hybridized carbons (Fsp3) is 0.417. The van der Waals surface area contributed by atoms with Crippen molar-refractivity contribution in [3.05, 3.63) is 29.0 Å². The van der Waals surface area contributed by atoms with E-state index < -0.39 is 27.9 Å². The van der Waals surface area contributed by atoms with Crippen molar-refractivity contribution in [3.63, 3.8) is 0 Å². The molecule has 0 unspecified atom stereocenters. The predicted molar refractivity (Wildman–Crippen MR) is 72.7 cm³/mol. The van der Waals surface area contributed by atoms with Gasteiger partial charge in [0.15, 0.2) is 0 Å². The van der Waals surface area contributed by atoms with E-state index in [2.05, 4.69) is 4.72 Å². The van der Waals surface area contributed by atoms with Gasteiger partial charge in [0.25, 0.3) is 0 Å². The van der Waals surface area contributed by atoms with Gasteiger partial charge in [0.2, 0.25) is 10.0 Å². The van der Waals surface area contributed by atoms with Crippen LogP contribution in [-0.4, -0.2) is 25.5 Å². The summed E-state index contributed by atoms with van der Waals surface area (Å²) in [6.45, 7) is 1.87. The first-order valence-electron chi connectivity index (χ1n) is 5.98. The molecule has 2 N–H and O–H groups in total. The van der Waals surface area contributed by atoms with Gasteiger partial charge in [-0.25, -0.2) is 12.8 Å². The number of halogens is 2. The highest BCUT2D eigenvalue weighted by atomic mass is 35.5. The zero-order chi connectivity index (χ0) is 15.3. The van der Waals surface area contributed by atoms with E-state index in [1.165, 1.54) is 0 Å². The van der Waals surface area contributed by atoms with Gasteiger partial charge in [-0.15, -0.1) is 0 Å². The van der Waals surface area contributed by atoms with Crippen molar-refractivity contribution in [2.45, 2.75) is 37.1 Å². The minimum Gasteiger partial charge on any atom is -0.480 e. The molecule has 0 saturated heterocycles. The summed E-state index contributed by atoms with van der Waals surface area (Å²) in [5, 5.41) is 8.66. The molecule has 1 rings (SSSR count). The van der Waals surface area contributed by atoms with Crippen LogP contribution in [0.5, 0.6) is 0 Å². The van der Waals surface area contributed by atoms with E-state index in [0.29, 0.717) is 6.42 Å². The Morgan fingerprint density at radius 3 is 2.65 bits per heavy atom. The fourth-order valence-electron chi connectivity index (χ4n) is 1.54. The van der Waals surface area contributed by atoms with Crippen LogP contribution in [0.2, 0.25) is 5.02 Å². The Kier molecular flexibility index (Phi) is 5.91. The average Bonchev–Trinajstić information content (AvgIpc) is 2.37. The van der Waals surface area contributed by atoms with Crippen LogP contribution in [0.3, 0.4) is 0 Å². The molecule has 0 bridgehead atoms. The summed E-state index contributed by atoms with van der Waals surface area (Å²) >= 11 is 5.52. The molecule has 8 heteroatoms. The van der Waals surface area contributed by atoms with Crippen molar-refractivity contribution in [1.82, 2.24) is 4.72 Å². The van der Waals surface area contributed by atoms with Crippen LogP contribution in [0.4, 0.5) is 4.39 Å². The van der Waals surface area contributed by atoms with E-state index in [1.807, 2.05) is 6.92 Å². The van der Waals surface area contributed by atoms with Gasteiger partial charge in [0, 0.05) is 0 Å². The molecule has 0 saturated carbocycles. The molecule has 1 aromatic rings. The molecule has 1 aromatic carbocycles. The molecule has 1 atom stereocenters. The SMILES string of the molecule is CCCC[C@H](NS(=O)(=O)c1ccc(F)c(Cl)c1)C(=O)O. The van der Waals surface area contributed by atoms with Gasteiger partial charge in [0.1, 0.15) is 11.9 Å². The Morgan fingerprint density at radius 1 is 1.50 bits per heavy atom. The summed E-state index contributed by atoms with van der Waals surface area (Å²) in [7, 11) is -4.06. The van der Waals surface area contributed by atoms with E-state index >= 15 is 0 Å². The van der Waals surface area contributed by atoms with Crippen LogP contribution in [0, 0.1) is 5.82 Å². The summed E-state index contributed by atoms with van der Waals surface area (Å²) in [5.74, 6) is -2.00. The Hall–Kier alpha value is -1.18. The first-order valence-corrected chi connectivity index (χ1v) is 7.84. The lowest BCUT2D eigenvalue weighted by molar-refractivity contribution is -0.139. The molecule has 0 radical (unpaired) electrons. The Morgan fingerprint density at radius 2 is 2.15 bits per heavy atom. The van der Waals surface area contributed by atoms with Gasteiger partial charge in [-0.2, -0.15) is 4.72 Å². The molecule has 5 nitrogen and oxygen atoms in total. The van der Waals surface area contributed by atoms with Gasteiger partial charge in [-0.1, -0.05) is 31.4 Å². The zero-order valence-electron chi connectivity index (χ0n) is 10.8. The Bertz CT molecular complexity index is 591. The third kappa shape index (κ3) is 4.43. The van der Waals surface area contributed by atoms with Gasteiger partial charge in [-0.3, -0.25) is 4.79 Å². The third-order valence-electron chi connectivity index (χ3n) is 2.64. The van der Waals surface area contributed by atoms with E-state index in [1.54, 1.807) is 0 Å². The molecule has 0 aliphatic carbocycles. The van der Waals surface area contributed by atoms with Gasteiger partial charge in [-0.05, 0) is 24.6 Å². The minimum absolute atomic E-state index is 0.181. The van der Waals surface area contributed by atoms with Crippen molar-refractivity contribution < 1.29 is 22.7 Å². The van der Waals surface area contributed by atoms with E-state index in [9.17, 15) is 17.6 Å². The number of sulfonamides is 1. The molecule has 20 heavy (non-hydrogen) atoms. The van der Waals surface area contributed by atoms with Crippen molar-refractivity contribution >= 4 is 27.6 Å². The molecule has 0 heterocycles. The number of benzene rings is 1. The van der Waals surface area contributed by atoms with E-state index in [4.69, 9.17) is 16.7 Å². The topological polar surface area (TPSA) is 83.5 Å². The molecule has 0 fully saturated rings. The number of carbonyl (C=O) groups is 1. The Labute approximate surface area is 121 Å². The quantitative estimate of drug-likeness (QED) is 0.807. The summed E-state index contributed by atoms with van der Waals surface area (Å²) in [6, 6.07) is 1.67. The highest BCUT2D eigenvalue weighted by Gasteiger charge is 2.25. The van der Waals surface area contributed by atoms with Gasteiger partial charge in [0.05, 0.1) is 9.92 Å². The lowest BCUT2D eigenvalue weighted by Crippen LogP contribution is -2.40. The second-order valence-electron chi connectivity index (χ2n) is 4.23. The van der Waals surface area contributed by atoms with Crippen LogP contribution in [-0.2, 0) is 14.8 Å². The number of unbranched alkanes of at least 4 members (excludes halogenated alkanes) is 1. The Balaban J connectivity index is 2.97. The van der Waals surface area contributed by atoms with Crippen molar-refractivity contribution in [3.8, 4) is 0 Å². The number of rotatable bonds is 7. The zero-order valence-corrected chi connectivity index (χ0v) is 12.3. The number of carboxylic acid groups (broad SMARTS) is 1. The standard InChI is InChI=1S/C12H15ClFNO4S/c1-2-3-4-11(12(16)17)15-20(18,19)8-5-6-10(14)9(13)7-8/h5-7,11,15H,2-4H2,1H3,(H,16,17)/t11-/m0/s1. The highest BCUT2D eigenvalue weighted by Crippen LogP contribution is 2.19. The lowest BCUT2D eigenvalue weighted by Gasteiger charge is -2.14. The van der Waals surface area contributed by atoms with E-state index in [-0.39, 0.29) is 16.3 Å². The molecular formula is C12H15ClFNO4S. The molecule has 0 aromatic heterocycles. The molecule has 112 valence electrons. The van der Waals surface area contributed by atoms with Gasteiger partial charge < -0.3 is 5.11 Å². The number of nitrogens with one attached hydrogen (secondary N) is 1. The van der Waals surface area contributed by atoms with Crippen LogP contribution in [0.1, 0.15) is 26.2 Å². The van der Waals surface area contributed by atoms with Crippen molar-refractivity contribution in [2.75, 3.05) is 0 Å². The first-order chi connectivity index (χ1) is 9.27. The minimum atomic E-state index is -4.06. The predicted octanol–water partition coefficient (Wildman–Crippen LogP) is 2.40. The fourth-order valence-corrected chi connectivity index (χ4v) is 3.04. The monoisotopic (exact) mass is 323 g/mol. The molecule has 0 aliphatic rings. The normalized spacial score (nSPS) is 13.2. The molecule has 0 aliphatic heterocycles. The summed E-state index contributed by atoms with van der Waals surface area (Å²) in [4.78, 5) is 10.8. The summed E-state index contributed by atoms with van der Waals surface area (Å²) < 4.78 is 39.1. The lowest BCUT2D eigenvalue weighted by atomic mass is 10.1. The van der Waals surface area contributed by atoms with Crippen LogP contribution in [0.25, 0.3) is 0 Å². The highest BCUT2D eigenvalue weighted by molar-refractivity contribution is 7.89. The number of hydrogen-bond donors (Lipinski definition) is 2. The molecule has 0 amide bonds. The second-order valence-corrected chi connectivity index (χ2v) is 6.35. The number of carboxylic acids is 1. The summed E-state index contributed by atoms with van der Waals surface area (Å²) in [6.07, 6.45) is 1.50. The van der Waals surface area contributed by atoms with Gasteiger partial charge >= 0.3 is 5.97 Å². The summed E-state index contributed by atoms with van der Waals surface area (Å²) in [5.41, 5.74) is 0. The second kappa shape index (κ2) is 7.01. The van der Waals surface area contributed by atoms with E-state index in [0.717, 1.165) is 24.6 Å². The smallest absolute Gasteiger partial charge is 0.321 e. The first kappa shape index (κ1) is 16.9. The maximum Gasteiger partial charge on any atom is 0.321 e. The van der Waals surface area contributed by atoms with Crippen molar-refractivity contribution in [2.24, 2.45) is 0 Å². The van der Waals surface area contributed by atoms with Crippen LogP contribution < -0.4 is 4.72 Å². The third-order valence-corrected chi connectivity index (χ3v) is 4.40.